The topological polar surface area (TPSA) is 45.4 Å². The number of hydrogen-bond donors (Lipinski definition) is 2. The number of furan rings is 1. The van der Waals surface area contributed by atoms with Crippen LogP contribution in [0.1, 0.15) is 22.9 Å². The molecule has 2 aromatic rings. The van der Waals surface area contributed by atoms with Crippen LogP contribution >= 0.6 is 11.6 Å². The molecule has 3 nitrogen and oxygen atoms in total. The maximum absolute atomic E-state index is 9.33. The number of halogens is 1. The normalized spacial score (nSPS) is 12.6. The van der Waals surface area contributed by atoms with Crippen LogP contribution in [0.5, 0.6) is 0 Å². The lowest BCUT2D eigenvalue weighted by atomic mass is 10.1. The minimum absolute atomic E-state index is 0.0000845. The second-order valence-corrected chi connectivity index (χ2v) is 4.62. The molecule has 96 valence electrons. The van der Waals surface area contributed by atoms with Crippen molar-refractivity contribution in [1.29, 1.82) is 0 Å². The van der Waals surface area contributed by atoms with E-state index >= 15 is 0 Å². The van der Waals surface area contributed by atoms with Crippen LogP contribution in [0.4, 0.5) is 0 Å². The molecule has 2 N–H and O–H groups in total. The Balaban J connectivity index is 1.99. The van der Waals surface area contributed by atoms with Gasteiger partial charge < -0.3 is 14.8 Å². The Bertz CT molecular complexity index is 497. The zero-order valence-corrected chi connectivity index (χ0v) is 10.9. The quantitative estimate of drug-likeness (QED) is 0.873. The smallest absolute Gasteiger partial charge is 0.123 e. The van der Waals surface area contributed by atoms with Crippen LogP contribution in [0.25, 0.3) is 0 Å². The molecule has 0 spiro atoms. The summed E-state index contributed by atoms with van der Waals surface area (Å²) in [5.74, 6) is 0.739. The molecule has 0 aliphatic rings. The summed E-state index contributed by atoms with van der Waals surface area (Å²) in [5.41, 5.74) is 2.18. The Labute approximate surface area is 111 Å². The summed E-state index contributed by atoms with van der Waals surface area (Å²) in [6.07, 6.45) is 1.60. The van der Waals surface area contributed by atoms with Crippen molar-refractivity contribution in [2.45, 2.75) is 19.5 Å². The predicted octanol–water partition coefficient (Wildman–Crippen LogP) is 3.06. The van der Waals surface area contributed by atoms with Crippen molar-refractivity contribution >= 4 is 11.6 Å². The van der Waals surface area contributed by atoms with Crippen LogP contribution in [0.3, 0.4) is 0 Å². The molecule has 0 saturated heterocycles. The molecular formula is C14H16ClNO2. The summed E-state index contributed by atoms with van der Waals surface area (Å²) in [6.45, 7) is 2.63. The fourth-order valence-electron chi connectivity index (χ4n) is 1.80. The molecule has 1 heterocycles. The molecule has 1 aromatic carbocycles. The molecule has 18 heavy (non-hydrogen) atoms. The van der Waals surface area contributed by atoms with Crippen LogP contribution in [-0.2, 0) is 6.54 Å². The van der Waals surface area contributed by atoms with E-state index in [9.17, 15) is 5.11 Å². The SMILES string of the molecule is Cc1cc(CNC(CO)c2ccco2)ccc1Cl. The van der Waals surface area contributed by atoms with E-state index in [1.54, 1.807) is 6.26 Å². The molecule has 0 radical (unpaired) electrons. The first-order chi connectivity index (χ1) is 8.70. The monoisotopic (exact) mass is 265 g/mol. The fraction of sp³-hybridized carbons (Fsp3) is 0.286. The number of hydrogen-bond acceptors (Lipinski definition) is 3. The molecule has 0 fully saturated rings. The first-order valence-electron chi connectivity index (χ1n) is 5.83. The molecule has 4 heteroatoms. The highest BCUT2D eigenvalue weighted by atomic mass is 35.5. The van der Waals surface area contributed by atoms with Gasteiger partial charge >= 0.3 is 0 Å². The number of rotatable bonds is 5. The highest BCUT2D eigenvalue weighted by Crippen LogP contribution is 2.18. The van der Waals surface area contributed by atoms with Crippen molar-refractivity contribution in [3.8, 4) is 0 Å². The molecule has 0 aliphatic heterocycles. The van der Waals surface area contributed by atoms with Gasteiger partial charge in [0.2, 0.25) is 0 Å². The number of aliphatic hydroxyl groups is 1. The van der Waals surface area contributed by atoms with Crippen LogP contribution in [0.2, 0.25) is 5.02 Å². The van der Waals surface area contributed by atoms with Crippen molar-refractivity contribution < 1.29 is 9.52 Å². The first kappa shape index (κ1) is 13.1. The van der Waals surface area contributed by atoms with E-state index in [2.05, 4.69) is 5.32 Å². The number of aliphatic hydroxyl groups excluding tert-OH is 1. The van der Waals surface area contributed by atoms with E-state index in [1.807, 2.05) is 37.3 Å². The number of aryl methyl sites for hydroxylation is 1. The Kier molecular flexibility index (Phi) is 4.42. The summed E-state index contributed by atoms with van der Waals surface area (Å²) in [6, 6.07) is 9.36. The number of benzene rings is 1. The van der Waals surface area contributed by atoms with Crippen molar-refractivity contribution in [1.82, 2.24) is 5.32 Å². The fourth-order valence-corrected chi connectivity index (χ4v) is 1.92. The molecule has 2 rings (SSSR count). The molecule has 1 atom stereocenters. The first-order valence-corrected chi connectivity index (χ1v) is 6.21. The third-order valence-electron chi connectivity index (χ3n) is 2.84. The van der Waals surface area contributed by atoms with Crippen molar-refractivity contribution in [3.63, 3.8) is 0 Å². The standard InChI is InChI=1S/C14H16ClNO2/c1-10-7-11(4-5-12(10)15)8-16-13(9-17)14-3-2-6-18-14/h2-7,13,16-17H,8-9H2,1H3. The zero-order chi connectivity index (χ0) is 13.0. The minimum Gasteiger partial charge on any atom is -0.468 e. The Morgan fingerprint density at radius 3 is 2.83 bits per heavy atom. The summed E-state index contributed by atoms with van der Waals surface area (Å²) in [4.78, 5) is 0. The molecule has 1 unspecified atom stereocenters. The van der Waals surface area contributed by atoms with Crippen LogP contribution in [0.15, 0.2) is 41.0 Å². The van der Waals surface area contributed by atoms with E-state index in [-0.39, 0.29) is 12.6 Å². The van der Waals surface area contributed by atoms with Gasteiger partial charge in [-0.25, -0.2) is 0 Å². The second kappa shape index (κ2) is 6.05. The molecule has 0 bridgehead atoms. The largest absolute Gasteiger partial charge is 0.468 e. The van der Waals surface area contributed by atoms with Gasteiger partial charge in [0.05, 0.1) is 18.9 Å². The van der Waals surface area contributed by atoms with Crippen molar-refractivity contribution in [2.24, 2.45) is 0 Å². The minimum atomic E-state index is -0.184. The van der Waals surface area contributed by atoms with E-state index in [1.165, 1.54) is 0 Å². The van der Waals surface area contributed by atoms with Gasteiger partial charge in [-0.05, 0) is 36.2 Å². The average Bonchev–Trinajstić information content (AvgIpc) is 2.88. The lowest BCUT2D eigenvalue weighted by Gasteiger charge is -2.14. The predicted molar refractivity (Wildman–Crippen MR) is 71.6 cm³/mol. The van der Waals surface area contributed by atoms with Gasteiger partial charge in [0.15, 0.2) is 0 Å². The van der Waals surface area contributed by atoms with Crippen molar-refractivity contribution in [2.75, 3.05) is 6.61 Å². The molecule has 1 aromatic heterocycles. The van der Waals surface area contributed by atoms with Gasteiger partial charge in [-0.2, -0.15) is 0 Å². The summed E-state index contributed by atoms with van der Waals surface area (Å²) in [7, 11) is 0. The third kappa shape index (κ3) is 3.13. The lowest BCUT2D eigenvalue weighted by molar-refractivity contribution is 0.225. The highest BCUT2D eigenvalue weighted by Gasteiger charge is 2.12. The Morgan fingerprint density at radius 1 is 1.39 bits per heavy atom. The van der Waals surface area contributed by atoms with Crippen LogP contribution in [-0.4, -0.2) is 11.7 Å². The Hall–Kier alpha value is -1.29. The van der Waals surface area contributed by atoms with E-state index in [0.717, 1.165) is 21.9 Å². The van der Waals surface area contributed by atoms with E-state index in [0.29, 0.717) is 6.54 Å². The zero-order valence-electron chi connectivity index (χ0n) is 10.2. The summed E-state index contributed by atoms with van der Waals surface area (Å²) in [5, 5.41) is 13.3. The molecular weight excluding hydrogens is 250 g/mol. The van der Waals surface area contributed by atoms with Crippen LogP contribution in [0, 0.1) is 6.92 Å². The third-order valence-corrected chi connectivity index (χ3v) is 3.27. The van der Waals surface area contributed by atoms with E-state index in [4.69, 9.17) is 16.0 Å². The van der Waals surface area contributed by atoms with Gasteiger partial charge in [-0.15, -0.1) is 0 Å². The molecule has 0 saturated carbocycles. The Morgan fingerprint density at radius 2 is 2.22 bits per heavy atom. The summed E-state index contributed by atoms with van der Waals surface area (Å²) < 4.78 is 5.27. The number of nitrogens with one attached hydrogen (secondary N) is 1. The van der Waals surface area contributed by atoms with Crippen LogP contribution < -0.4 is 5.32 Å². The summed E-state index contributed by atoms with van der Waals surface area (Å²) >= 11 is 5.98. The molecule has 0 amide bonds. The van der Waals surface area contributed by atoms with Gasteiger partial charge in [0.1, 0.15) is 5.76 Å². The average molecular weight is 266 g/mol. The van der Waals surface area contributed by atoms with Gasteiger partial charge in [0, 0.05) is 11.6 Å². The maximum Gasteiger partial charge on any atom is 0.123 e. The van der Waals surface area contributed by atoms with Gasteiger partial charge in [-0.3, -0.25) is 0 Å². The second-order valence-electron chi connectivity index (χ2n) is 4.22. The van der Waals surface area contributed by atoms with Gasteiger partial charge in [-0.1, -0.05) is 23.7 Å². The van der Waals surface area contributed by atoms with E-state index < -0.39 is 0 Å². The highest BCUT2D eigenvalue weighted by molar-refractivity contribution is 6.31. The van der Waals surface area contributed by atoms with Crippen molar-refractivity contribution in [3.05, 3.63) is 58.5 Å². The lowest BCUT2D eigenvalue weighted by Crippen LogP contribution is -2.23. The van der Waals surface area contributed by atoms with Gasteiger partial charge in [0.25, 0.3) is 0 Å². The maximum atomic E-state index is 9.33. The molecule has 0 aliphatic carbocycles.